The van der Waals surface area contributed by atoms with Crippen molar-refractivity contribution in [1.29, 1.82) is 0 Å². The van der Waals surface area contributed by atoms with Crippen molar-refractivity contribution in [3.8, 4) is 0 Å². The summed E-state index contributed by atoms with van der Waals surface area (Å²) in [4.78, 5) is 27.7. The molecule has 2 aliphatic carbocycles. The maximum atomic E-state index is 12.9. The third kappa shape index (κ3) is 4.20. The number of benzene rings is 1. The number of aryl methyl sites for hydroxylation is 1. The van der Waals surface area contributed by atoms with Crippen LogP contribution < -0.4 is 5.32 Å². The lowest BCUT2D eigenvalue weighted by Crippen LogP contribution is -2.49. The molecule has 0 bridgehead atoms. The molecule has 0 unspecified atom stereocenters. The van der Waals surface area contributed by atoms with Crippen molar-refractivity contribution in [2.45, 2.75) is 76.2 Å². The fraction of sp³-hybridized carbons (Fsp3) is 0.652. The van der Waals surface area contributed by atoms with Crippen LogP contribution in [0.2, 0.25) is 0 Å². The molecule has 1 N–H and O–H groups in total. The summed E-state index contributed by atoms with van der Waals surface area (Å²) >= 11 is 0. The van der Waals surface area contributed by atoms with Gasteiger partial charge in [-0.05, 0) is 56.1 Å². The van der Waals surface area contributed by atoms with Gasteiger partial charge in [-0.3, -0.25) is 9.59 Å². The number of hydrogen-bond donors (Lipinski definition) is 1. The highest BCUT2D eigenvalue weighted by atomic mass is 16.2. The van der Waals surface area contributed by atoms with E-state index in [2.05, 4.69) is 28.4 Å². The van der Waals surface area contributed by atoms with Crippen molar-refractivity contribution in [3.05, 3.63) is 35.4 Å². The predicted molar refractivity (Wildman–Crippen MR) is 106 cm³/mol. The van der Waals surface area contributed by atoms with Gasteiger partial charge < -0.3 is 10.2 Å². The highest BCUT2D eigenvalue weighted by Crippen LogP contribution is 2.32. The zero-order valence-electron chi connectivity index (χ0n) is 16.3. The summed E-state index contributed by atoms with van der Waals surface area (Å²) in [5.74, 6) is 0.792. The third-order valence-corrected chi connectivity index (χ3v) is 6.79. The van der Waals surface area contributed by atoms with Crippen LogP contribution >= 0.6 is 0 Å². The van der Waals surface area contributed by atoms with Gasteiger partial charge in [0.1, 0.15) is 0 Å². The van der Waals surface area contributed by atoms with Gasteiger partial charge >= 0.3 is 0 Å². The molecule has 1 aliphatic heterocycles. The molecular formula is C23H32N2O2. The Hall–Kier alpha value is -1.84. The van der Waals surface area contributed by atoms with Crippen LogP contribution in [-0.4, -0.2) is 35.8 Å². The van der Waals surface area contributed by atoms with Crippen LogP contribution in [0.3, 0.4) is 0 Å². The van der Waals surface area contributed by atoms with Gasteiger partial charge in [-0.15, -0.1) is 0 Å². The standard InChI is InChI=1S/C23H32N2O2/c26-22(21-12-6-10-17-7-4-5-11-20(17)21)24-19-13-15-25(16-14-19)23(27)18-8-2-1-3-9-18/h4-5,7,11,18-19,21H,1-3,6,8-10,12-16H2,(H,24,26)/t21-/m1/s1. The van der Waals surface area contributed by atoms with E-state index in [1.807, 2.05) is 6.07 Å². The van der Waals surface area contributed by atoms with Crippen LogP contribution in [0.4, 0.5) is 0 Å². The molecule has 1 atom stereocenters. The molecule has 4 rings (SSSR count). The molecule has 0 spiro atoms. The van der Waals surface area contributed by atoms with E-state index in [4.69, 9.17) is 0 Å². The number of hydrogen-bond acceptors (Lipinski definition) is 2. The first-order valence-corrected chi connectivity index (χ1v) is 10.9. The SMILES string of the molecule is O=C(NC1CCN(C(=O)C2CCCCC2)CC1)[C@@H]1CCCc2ccccc21. The molecule has 2 fully saturated rings. The smallest absolute Gasteiger partial charge is 0.227 e. The maximum absolute atomic E-state index is 12.9. The van der Waals surface area contributed by atoms with Crippen molar-refractivity contribution in [2.24, 2.45) is 5.92 Å². The van der Waals surface area contributed by atoms with E-state index in [0.717, 1.165) is 58.0 Å². The predicted octanol–water partition coefficient (Wildman–Crippen LogP) is 3.79. The van der Waals surface area contributed by atoms with Gasteiger partial charge in [0.05, 0.1) is 5.92 Å². The van der Waals surface area contributed by atoms with Crippen LogP contribution in [0.15, 0.2) is 24.3 Å². The summed E-state index contributed by atoms with van der Waals surface area (Å²) in [5, 5.41) is 3.29. The molecule has 146 valence electrons. The Bertz CT molecular complexity index is 673. The molecule has 1 saturated carbocycles. The van der Waals surface area contributed by atoms with Gasteiger partial charge in [0.2, 0.25) is 11.8 Å². The number of fused-ring (bicyclic) bond motifs is 1. The summed E-state index contributed by atoms with van der Waals surface area (Å²) < 4.78 is 0. The monoisotopic (exact) mass is 368 g/mol. The van der Waals surface area contributed by atoms with E-state index >= 15 is 0 Å². The Kier molecular flexibility index (Phi) is 5.80. The average Bonchev–Trinajstić information content (AvgIpc) is 2.74. The van der Waals surface area contributed by atoms with Gasteiger partial charge in [0, 0.05) is 25.0 Å². The number of nitrogens with zero attached hydrogens (tertiary/aromatic N) is 1. The zero-order chi connectivity index (χ0) is 18.6. The van der Waals surface area contributed by atoms with Gasteiger partial charge in [0.25, 0.3) is 0 Å². The van der Waals surface area contributed by atoms with E-state index in [1.165, 1.54) is 30.4 Å². The molecule has 4 nitrogen and oxygen atoms in total. The van der Waals surface area contributed by atoms with Gasteiger partial charge in [-0.1, -0.05) is 43.5 Å². The minimum atomic E-state index is -0.00292. The quantitative estimate of drug-likeness (QED) is 0.882. The Balaban J connectivity index is 1.29. The van der Waals surface area contributed by atoms with Crippen molar-refractivity contribution < 1.29 is 9.59 Å². The Morgan fingerprint density at radius 1 is 0.889 bits per heavy atom. The minimum absolute atomic E-state index is 0.00292. The summed E-state index contributed by atoms with van der Waals surface area (Å²) in [5.41, 5.74) is 2.54. The third-order valence-electron chi connectivity index (χ3n) is 6.79. The lowest BCUT2D eigenvalue weighted by atomic mass is 9.82. The minimum Gasteiger partial charge on any atom is -0.353 e. The summed E-state index contributed by atoms with van der Waals surface area (Å²) in [6.07, 6.45) is 10.7. The van der Waals surface area contributed by atoms with Crippen LogP contribution in [0.1, 0.15) is 74.8 Å². The molecule has 27 heavy (non-hydrogen) atoms. The van der Waals surface area contributed by atoms with E-state index < -0.39 is 0 Å². The van der Waals surface area contributed by atoms with Crippen molar-refractivity contribution in [1.82, 2.24) is 10.2 Å². The molecule has 1 aromatic carbocycles. The number of carbonyl (C=O) groups excluding carboxylic acids is 2. The highest BCUT2D eigenvalue weighted by molar-refractivity contribution is 5.84. The van der Waals surface area contributed by atoms with Crippen molar-refractivity contribution >= 4 is 11.8 Å². The summed E-state index contributed by atoms with van der Waals surface area (Å²) in [6.45, 7) is 1.59. The van der Waals surface area contributed by atoms with Crippen LogP contribution in [0.25, 0.3) is 0 Å². The topological polar surface area (TPSA) is 49.4 Å². The summed E-state index contributed by atoms with van der Waals surface area (Å²) in [7, 11) is 0. The van der Waals surface area contributed by atoms with Crippen LogP contribution in [0, 0.1) is 5.92 Å². The lowest BCUT2D eigenvalue weighted by molar-refractivity contribution is -0.137. The molecule has 1 saturated heterocycles. The van der Waals surface area contributed by atoms with E-state index in [9.17, 15) is 9.59 Å². The van der Waals surface area contributed by atoms with E-state index in [-0.39, 0.29) is 23.8 Å². The Morgan fingerprint density at radius 3 is 2.41 bits per heavy atom. The van der Waals surface area contributed by atoms with E-state index in [0.29, 0.717) is 5.91 Å². The number of carbonyl (C=O) groups is 2. The zero-order valence-corrected chi connectivity index (χ0v) is 16.3. The fourth-order valence-electron chi connectivity index (χ4n) is 5.18. The molecule has 2 amide bonds. The number of likely N-dealkylation sites (tertiary alicyclic amines) is 1. The molecule has 0 radical (unpaired) electrons. The molecule has 1 aromatic rings. The largest absolute Gasteiger partial charge is 0.353 e. The molecular weight excluding hydrogens is 336 g/mol. The second-order valence-corrected chi connectivity index (χ2v) is 8.59. The maximum Gasteiger partial charge on any atom is 0.227 e. The molecule has 3 aliphatic rings. The van der Waals surface area contributed by atoms with Crippen LogP contribution in [-0.2, 0) is 16.0 Å². The first kappa shape index (κ1) is 18.5. The van der Waals surface area contributed by atoms with Crippen LogP contribution in [0.5, 0.6) is 0 Å². The van der Waals surface area contributed by atoms with Crippen molar-refractivity contribution in [2.75, 3.05) is 13.1 Å². The highest BCUT2D eigenvalue weighted by Gasteiger charge is 2.31. The fourth-order valence-corrected chi connectivity index (χ4v) is 5.18. The summed E-state index contributed by atoms with van der Waals surface area (Å²) in [6, 6.07) is 8.59. The second kappa shape index (κ2) is 8.45. The molecule has 4 heteroatoms. The lowest BCUT2D eigenvalue weighted by Gasteiger charge is -2.36. The first-order valence-electron chi connectivity index (χ1n) is 10.9. The van der Waals surface area contributed by atoms with Gasteiger partial charge in [-0.25, -0.2) is 0 Å². The Labute approximate surface area is 162 Å². The van der Waals surface area contributed by atoms with Gasteiger partial charge in [0.15, 0.2) is 0 Å². The normalized spacial score (nSPS) is 24.3. The van der Waals surface area contributed by atoms with Crippen molar-refractivity contribution in [3.63, 3.8) is 0 Å². The molecule has 0 aromatic heterocycles. The van der Waals surface area contributed by atoms with E-state index in [1.54, 1.807) is 0 Å². The number of piperidine rings is 1. The first-order chi connectivity index (χ1) is 13.2. The number of rotatable bonds is 3. The van der Waals surface area contributed by atoms with Gasteiger partial charge in [-0.2, -0.15) is 0 Å². The number of amides is 2. The average molecular weight is 369 g/mol. The second-order valence-electron chi connectivity index (χ2n) is 8.59. The number of nitrogens with one attached hydrogen (secondary N) is 1. The molecule has 1 heterocycles. The Morgan fingerprint density at radius 2 is 1.63 bits per heavy atom.